The van der Waals surface area contributed by atoms with Crippen LogP contribution >= 0.6 is 11.8 Å². The van der Waals surface area contributed by atoms with Gasteiger partial charge in [-0.2, -0.15) is 13.2 Å². The highest BCUT2D eigenvalue weighted by molar-refractivity contribution is 8.14. The zero-order valence-electron chi connectivity index (χ0n) is 7.77. The lowest BCUT2D eigenvalue weighted by Gasteiger charge is -2.16. The Bertz CT molecular complexity index is 227. The highest BCUT2D eigenvalue weighted by Crippen LogP contribution is 2.36. The van der Waals surface area contributed by atoms with E-state index in [1.807, 2.05) is 20.8 Å². The van der Waals surface area contributed by atoms with Crippen molar-refractivity contribution in [3.8, 4) is 0 Å². The van der Waals surface area contributed by atoms with Crippen molar-refractivity contribution in [2.75, 3.05) is 5.75 Å². The van der Waals surface area contributed by atoms with Gasteiger partial charge < -0.3 is 0 Å². The molecule has 0 aromatic heterocycles. The van der Waals surface area contributed by atoms with E-state index < -0.39 is 12.2 Å². The first-order valence-corrected chi connectivity index (χ1v) is 4.97. The number of nitrogens with zero attached hydrogens (tertiary/aromatic N) is 1. The molecule has 0 saturated carbocycles. The summed E-state index contributed by atoms with van der Waals surface area (Å²) in [5.41, 5.74) is -0.259. The zero-order valence-corrected chi connectivity index (χ0v) is 8.59. The molecule has 0 aliphatic carbocycles. The van der Waals surface area contributed by atoms with E-state index in [0.29, 0.717) is 5.04 Å². The quantitative estimate of drug-likeness (QED) is 0.599. The van der Waals surface area contributed by atoms with E-state index in [1.54, 1.807) is 0 Å². The number of alkyl halides is 3. The van der Waals surface area contributed by atoms with Crippen LogP contribution in [0.25, 0.3) is 0 Å². The molecule has 5 heteroatoms. The SMILES string of the molecule is CC(C)(C)C1=N[C@H](C(F)(F)F)CS1. The average Bonchev–Trinajstić information content (AvgIpc) is 2.28. The Morgan fingerprint density at radius 2 is 1.85 bits per heavy atom. The summed E-state index contributed by atoms with van der Waals surface area (Å²) in [6.45, 7) is 5.62. The molecule has 1 aliphatic rings. The summed E-state index contributed by atoms with van der Waals surface area (Å²) in [7, 11) is 0. The molecule has 13 heavy (non-hydrogen) atoms. The molecular formula is C8H12F3NS. The van der Waals surface area contributed by atoms with E-state index in [2.05, 4.69) is 4.99 Å². The third-order valence-electron chi connectivity index (χ3n) is 1.67. The fourth-order valence-electron chi connectivity index (χ4n) is 0.952. The Kier molecular flexibility index (Phi) is 2.67. The van der Waals surface area contributed by atoms with Gasteiger partial charge in [0.25, 0.3) is 0 Å². The minimum Gasteiger partial charge on any atom is -0.269 e. The Morgan fingerprint density at radius 3 is 2.08 bits per heavy atom. The summed E-state index contributed by atoms with van der Waals surface area (Å²) in [4.78, 5) is 3.69. The second-order valence-electron chi connectivity index (χ2n) is 4.05. The molecule has 76 valence electrons. The first kappa shape index (κ1) is 10.9. The number of thioether (sulfide) groups is 1. The maximum Gasteiger partial charge on any atom is 0.411 e. The van der Waals surface area contributed by atoms with Crippen LogP contribution in [0.1, 0.15) is 20.8 Å². The van der Waals surface area contributed by atoms with E-state index in [9.17, 15) is 13.2 Å². The van der Waals surface area contributed by atoms with Gasteiger partial charge >= 0.3 is 6.18 Å². The topological polar surface area (TPSA) is 12.4 Å². The third-order valence-corrected chi connectivity index (χ3v) is 3.14. The van der Waals surface area contributed by atoms with Gasteiger partial charge in [-0.25, -0.2) is 0 Å². The lowest BCUT2D eigenvalue weighted by Crippen LogP contribution is -2.27. The van der Waals surface area contributed by atoms with Gasteiger partial charge in [0.15, 0.2) is 6.04 Å². The number of halogens is 3. The summed E-state index contributed by atoms with van der Waals surface area (Å²) in [5, 5.41) is 0.606. The van der Waals surface area contributed by atoms with Gasteiger partial charge in [-0.3, -0.25) is 4.99 Å². The normalized spacial score (nSPS) is 24.8. The maximum atomic E-state index is 12.2. The fraction of sp³-hybridized carbons (Fsp3) is 0.875. The van der Waals surface area contributed by atoms with Crippen molar-refractivity contribution < 1.29 is 13.2 Å². The van der Waals surface area contributed by atoms with Crippen LogP contribution in [-0.4, -0.2) is 23.0 Å². The molecule has 0 fully saturated rings. The molecule has 0 aromatic rings. The van der Waals surface area contributed by atoms with Crippen molar-refractivity contribution in [1.29, 1.82) is 0 Å². The molecule has 0 amide bonds. The molecule has 1 heterocycles. The van der Waals surface area contributed by atoms with Crippen molar-refractivity contribution in [3.63, 3.8) is 0 Å². The standard InChI is InChI=1S/C8H12F3NS/c1-7(2,3)6-12-5(4-13-6)8(9,10)11/h5H,4H2,1-3H3/t5-/m0/s1. The van der Waals surface area contributed by atoms with Crippen molar-refractivity contribution in [2.45, 2.75) is 33.0 Å². The Morgan fingerprint density at radius 1 is 1.31 bits per heavy atom. The lowest BCUT2D eigenvalue weighted by molar-refractivity contribution is -0.141. The van der Waals surface area contributed by atoms with E-state index in [4.69, 9.17) is 0 Å². The molecule has 0 spiro atoms. The van der Waals surface area contributed by atoms with Gasteiger partial charge in [-0.05, 0) is 0 Å². The van der Waals surface area contributed by atoms with Crippen molar-refractivity contribution >= 4 is 16.8 Å². The summed E-state index contributed by atoms with van der Waals surface area (Å²) < 4.78 is 36.6. The number of aliphatic imine (C=N–C) groups is 1. The monoisotopic (exact) mass is 211 g/mol. The van der Waals surface area contributed by atoms with Crippen molar-refractivity contribution in [2.24, 2.45) is 10.4 Å². The van der Waals surface area contributed by atoms with Gasteiger partial charge in [0.05, 0.1) is 5.04 Å². The van der Waals surface area contributed by atoms with Crippen LogP contribution in [-0.2, 0) is 0 Å². The van der Waals surface area contributed by atoms with Gasteiger partial charge in [0, 0.05) is 11.2 Å². The maximum absolute atomic E-state index is 12.2. The fourth-order valence-corrected chi connectivity index (χ4v) is 2.17. The van der Waals surface area contributed by atoms with Crippen LogP contribution in [0.4, 0.5) is 13.2 Å². The number of hydrogen-bond donors (Lipinski definition) is 0. The van der Waals surface area contributed by atoms with Gasteiger partial charge in [0.2, 0.25) is 0 Å². The van der Waals surface area contributed by atoms with Crippen molar-refractivity contribution in [1.82, 2.24) is 0 Å². The minimum absolute atomic E-state index is 0.0378. The smallest absolute Gasteiger partial charge is 0.269 e. The van der Waals surface area contributed by atoms with E-state index in [0.717, 1.165) is 0 Å². The van der Waals surface area contributed by atoms with E-state index >= 15 is 0 Å². The highest BCUT2D eigenvalue weighted by atomic mass is 32.2. The van der Waals surface area contributed by atoms with Crippen LogP contribution in [0.15, 0.2) is 4.99 Å². The predicted molar refractivity (Wildman–Crippen MR) is 49.2 cm³/mol. The Hall–Kier alpha value is -0.190. The second kappa shape index (κ2) is 3.19. The first-order chi connectivity index (χ1) is 5.71. The summed E-state index contributed by atoms with van der Waals surface area (Å²) in [6.07, 6.45) is -4.18. The molecule has 0 aromatic carbocycles. The summed E-state index contributed by atoms with van der Waals surface area (Å²) in [6, 6.07) is -1.49. The molecule has 0 N–H and O–H groups in total. The van der Waals surface area contributed by atoms with Crippen molar-refractivity contribution in [3.05, 3.63) is 0 Å². The molecule has 0 bridgehead atoms. The minimum atomic E-state index is -4.18. The first-order valence-electron chi connectivity index (χ1n) is 3.99. The number of rotatable bonds is 0. The summed E-state index contributed by atoms with van der Waals surface area (Å²) >= 11 is 1.21. The van der Waals surface area contributed by atoms with Crippen LogP contribution in [0.5, 0.6) is 0 Å². The molecule has 0 unspecified atom stereocenters. The van der Waals surface area contributed by atoms with Crippen LogP contribution in [0.2, 0.25) is 0 Å². The molecule has 1 atom stereocenters. The van der Waals surface area contributed by atoms with Crippen LogP contribution < -0.4 is 0 Å². The molecule has 1 aliphatic heterocycles. The Labute approximate surface area is 79.8 Å². The van der Waals surface area contributed by atoms with E-state index in [-0.39, 0.29) is 11.2 Å². The molecule has 0 radical (unpaired) electrons. The third kappa shape index (κ3) is 2.62. The zero-order chi connectivity index (χ0) is 10.3. The molecule has 1 rings (SSSR count). The summed E-state index contributed by atoms with van der Waals surface area (Å²) in [5.74, 6) is 0.0378. The van der Waals surface area contributed by atoms with Gasteiger partial charge in [-0.15, -0.1) is 11.8 Å². The lowest BCUT2D eigenvalue weighted by atomic mass is 9.98. The Balaban J connectivity index is 2.76. The van der Waals surface area contributed by atoms with Gasteiger partial charge in [0.1, 0.15) is 0 Å². The van der Waals surface area contributed by atoms with Crippen LogP contribution in [0, 0.1) is 5.41 Å². The highest BCUT2D eigenvalue weighted by Gasteiger charge is 2.43. The second-order valence-corrected chi connectivity index (χ2v) is 5.06. The molecular weight excluding hydrogens is 199 g/mol. The predicted octanol–water partition coefficient (Wildman–Crippen LogP) is 3.11. The van der Waals surface area contributed by atoms with Gasteiger partial charge in [-0.1, -0.05) is 20.8 Å². The van der Waals surface area contributed by atoms with Crippen LogP contribution in [0.3, 0.4) is 0 Å². The molecule has 0 saturated heterocycles. The van der Waals surface area contributed by atoms with E-state index in [1.165, 1.54) is 11.8 Å². The molecule has 1 nitrogen and oxygen atoms in total. The number of hydrogen-bond acceptors (Lipinski definition) is 2. The largest absolute Gasteiger partial charge is 0.411 e. The average molecular weight is 211 g/mol.